The van der Waals surface area contributed by atoms with Gasteiger partial charge in [-0.15, -0.1) is 5.10 Å². The van der Waals surface area contributed by atoms with Gasteiger partial charge in [-0.3, -0.25) is 0 Å². The van der Waals surface area contributed by atoms with Gasteiger partial charge in [0, 0.05) is 7.05 Å². The minimum Gasteiger partial charge on any atom is -0.363 e. The van der Waals surface area contributed by atoms with Crippen LogP contribution in [0.4, 0.5) is 9.52 Å². The average Bonchev–Trinajstić information content (AvgIpc) is 2.96. The fourth-order valence-electron chi connectivity index (χ4n) is 2.68. The van der Waals surface area contributed by atoms with Crippen molar-refractivity contribution in [3.05, 3.63) is 34.0 Å². The molecule has 7 nitrogen and oxygen atoms in total. The van der Waals surface area contributed by atoms with Crippen LogP contribution < -0.4 is 10.2 Å². The first kappa shape index (κ1) is 18.4. The van der Waals surface area contributed by atoms with Crippen molar-refractivity contribution in [1.82, 2.24) is 14.1 Å². The van der Waals surface area contributed by atoms with Gasteiger partial charge in [-0.05, 0) is 36.5 Å². The third kappa shape index (κ3) is 4.06. The monoisotopic (exact) mass is 404 g/mol. The molecule has 1 saturated heterocycles. The lowest BCUT2D eigenvalue weighted by atomic mass is 10.4. The van der Waals surface area contributed by atoms with E-state index in [0.29, 0.717) is 36.8 Å². The van der Waals surface area contributed by atoms with E-state index in [4.69, 9.17) is 12.2 Å². The number of aromatic nitrogens is 2. The van der Waals surface area contributed by atoms with Crippen molar-refractivity contribution in [2.75, 3.05) is 38.5 Å². The van der Waals surface area contributed by atoms with Crippen LogP contribution in [-0.2, 0) is 16.7 Å². The number of piperazine rings is 1. The standard InChI is InChI=1S/C14H18FN5O2S3/c1-16-13-17-20(14(23)24-13)10-18-6-8-19(9-7-18)25(21,22)12-4-2-11(15)3-5-12/h2-5H,6-10H2,1H3,(H,16,17)/p+1. The predicted molar refractivity (Wildman–Crippen MR) is 96.3 cm³/mol. The van der Waals surface area contributed by atoms with Crippen molar-refractivity contribution in [1.29, 1.82) is 0 Å². The van der Waals surface area contributed by atoms with E-state index in [1.807, 2.05) is 0 Å². The van der Waals surface area contributed by atoms with Gasteiger partial charge in [-0.2, -0.15) is 8.99 Å². The van der Waals surface area contributed by atoms with Gasteiger partial charge in [0.2, 0.25) is 15.2 Å². The summed E-state index contributed by atoms with van der Waals surface area (Å²) in [6.45, 7) is 2.75. The molecule has 11 heteroatoms. The molecule has 1 aromatic heterocycles. The van der Waals surface area contributed by atoms with Crippen LogP contribution in [0.2, 0.25) is 0 Å². The molecule has 1 aliphatic heterocycles. The van der Waals surface area contributed by atoms with Crippen molar-refractivity contribution in [2.24, 2.45) is 0 Å². The fourth-order valence-corrected chi connectivity index (χ4v) is 5.08. The van der Waals surface area contributed by atoms with Crippen LogP contribution in [0.15, 0.2) is 29.2 Å². The quantitative estimate of drug-likeness (QED) is 0.706. The van der Waals surface area contributed by atoms with Crippen LogP contribution in [-0.4, -0.2) is 55.7 Å². The second kappa shape index (κ2) is 7.46. The maximum Gasteiger partial charge on any atom is 0.243 e. The van der Waals surface area contributed by atoms with Gasteiger partial charge in [-0.25, -0.2) is 12.8 Å². The summed E-state index contributed by atoms with van der Waals surface area (Å²) in [7, 11) is -1.79. The molecule has 0 saturated carbocycles. The second-order valence-electron chi connectivity index (χ2n) is 5.69. The second-order valence-corrected chi connectivity index (χ2v) is 9.25. The molecule has 0 amide bonds. The molecule has 1 aliphatic rings. The smallest absolute Gasteiger partial charge is 0.243 e. The van der Waals surface area contributed by atoms with E-state index in [1.165, 1.54) is 32.7 Å². The number of rotatable bonds is 5. The molecular formula is C14H19FN5O2S3+. The van der Waals surface area contributed by atoms with Crippen molar-refractivity contribution in [2.45, 2.75) is 11.6 Å². The highest BCUT2D eigenvalue weighted by atomic mass is 32.2. The Bertz CT molecular complexity index is 886. The molecule has 2 heterocycles. The van der Waals surface area contributed by atoms with E-state index in [-0.39, 0.29) is 4.90 Å². The summed E-state index contributed by atoms with van der Waals surface area (Å²) in [4.78, 5) is 1.34. The highest BCUT2D eigenvalue weighted by Gasteiger charge is 2.30. The van der Waals surface area contributed by atoms with Gasteiger partial charge in [0.25, 0.3) is 0 Å². The first-order valence-electron chi connectivity index (χ1n) is 7.75. The van der Waals surface area contributed by atoms with Gasteiger partial charge in [0.1, 0.15) is 5.82 Å². The zero-order chi connectivity index (χ0) is 18.0. The van der Waals surface area contributed by atoms with Crippen LogP contribution in [0.3, 0.4) is 0 Å². The number of sulfonamides is 1. The van der Waals surface area contributed by atoms with E-state index in [0.717, 1.165) is 17.3 Å². The van der Waals surface area contributed by atoms with E-state index in [9.17, 15) is 12.8 Å². The third-order valence-electron chi connectivity index (χ3n) is 4.07. The number of halogens is 1. The van der Waals surface area contributed by atoms with Gasteiger partial charge < -0.3 is 10.2 Å². The first-order valence-corrected chi connectivity index (χ1v) is 10.4. The van der Waals surface area contributed by atoms with Gasteiger partial charge in [0.15, 0.2) is 10.6 Å². The topological polar surface area (TPSA) is 71.7 Å². The lowest BCUT2D eigenvalue weighted by Crippen LogP contribution is -3.14. The minimum absolute atomic E-state index is 0.123. The molecule has 0 unspecified atom stereocenters. The Morgan fingerprint density at radius 1 is 1.32 bits per heavy atom. The van der Waals surface area contributed by atoms with Gasteiger partial charge in [-0.1, -0.05) is 11.3 Å². The maximum atomic E-state index is 13.0. The first-order chi connectivity index (χ1) is 11.9. The Balaban J connectivity index is 1.64. The molecule has 25 heavy (non-hydrogen) atoms. The maximum absolute atomic E-state index is 13.0. The van der Waals surface area contributed by atoms with Crippen LogP contribution in [0, 0.1) is 9.77 Å². The molecule has 1 fully saturated rings. The summed E-state index contributed by atoms with van der Waals surface area (Å²) in [5.74, 6) is -0.450. The van der Waals surface area contributed by atoms with Crippen LogP contribution in [0.1, 0.15) is 0 Å². The molecule has 0 atom stereocenters. The van der Waals surface area contributed by atoms with E-state index >= 15 is 0 Å². The number of anilines is 1. The lowest BCUT2D eigenvalue weighted by molar-refractivity contribution is -0.926. The number of quaternary nitrogens is 1. The summed E-state index contributed by atoms with van der Waals surface area (Å²) >= 11 is 6.70. The lowest BCUT2D eigenvalue weighted by Gasteiger charge is -2.31. The molecule has 0 spiro atoms. The third-order valence-corrected chi connectivity index (χ3v) is 7.31. The molecule has 0 radical (unpaired) electrons. The number of hydrogen-bond donors (Lipinski definition) is 2. The summed E-state index contributed by atoms with van der Waals surface area (Å²) in [5, 5.41) is 8.11. The fraction of sp³-hybridized carbons (Fsp3) is 0.429. The Labute approximate surface area is 154 Å². The molecule has 0 bridgehead atoms. The van der Waals surface area contributed by atoms with Gasteiger partial charge in [0.05, 0.1) is 31.1 Å². The summed E-state index contributed by atoms with van der Waals surface area (Å²) in [5.41, 5.74) is 0. The number of hydrogen-bond acceptors (Lipinski definition) is 6. The zero-order valence-corrected chi connectivity index (χ0v) is 16.1. The molecular weight excluding hydrogens is 385 g/mol. The molecule has 136 valence electrons. The Kier molecular flexibility index (Phi) is 5.49. The SMILES string of the molecule is CNc1nn(C[NH+]2CCN(S(=O)(=O)c3ccc(F)cc3)CC2)c(=S)s1. The average molecular weight is 405 g/mol. The molecule has 0 aliphatic carbocycles. The largest absolute Gasteiger partial charge is 0.363 e. The van der Waals surface area contributed by atoms with Crippen molar-refractivity contribution >= 4 is 38.7 Å². The molecule has 2 N–H and O–H groups in total. The molecule has 3 rings (SSSR count). The highest BCUT2D eigenvalue weighted by molar-refractivity contribution is 7.89. The van der Waals surface area contributed by atoms with Crippen molar-refractivity contribution in [3.63, 3.8) is 0 Å². The Hall–Kier alpha value is -1.40. The van der Waals surface area contributed by atoms with Crippen LogP contribution in [0.5, 0.6) is 0 Å². The predicted octanol–water partition coefficient (Wildman–Crippen LogP) is 0.402. The number of nitrogens with zero attached hydrogens (tertiary/aromatic N) is 3. The van der Waals surface area contributed by atoms with Gasteiger partial charge >= 0.3 is 0 Å². The molecule has 2 aromatic rings. The van der Waals surface area contributed by atoms with Crippen molar-refractivity contribution in [3.8, 4) is 0 Å². The number of benzene rings is 1. The minimum atomic E-state index is -3.58. The normalized spacial score (nSPS) is 16.9. The molecule has 1 aromatic carbocycles. The van der Waals surface area contributed by atoms with Crippen LogP contribution >= 0.6 is 23.6 Å². The summed E-state index contributed by atoms with van der Waals surface area (Å²) < 4.78 is 42.1. The summed E-state index contributed by atoms with van der Waals surface area (Å²) in [6, 6.07) is 4.94. The van der Waals surface area contributed by atoms with E-state index in [1.54, 1.807) is 11.7 Å². The van der Waals surface area contributed by atoms with Crippen LogP contribution in [0.25, 0.3) is 0 Å². The Morgan fingerprint density at radius 2 is 1.96 bits per heavy atom. The number of nitrogens with one attached hydrogen (secondary N) is 2. The van der Waals surface area contributed by atoms with E-state index < -0.39 is 15.8 Å². The van der Waals surface area contributed by atoms with Crippen molar-refractivity contribution < 1.29 is 17.7 Å². The van der Waals surface area contributed by atoms with E-state index in [2.05, 4.69) is 10.4 Å². The summed E-state index contributed by atoms with van der Waals surface area (Å²) in [6.07, 6.45) is 0. The zero-order valence-electron chi connectivity index (χ0n) is 13.6. The highest BCUT2D eigenvalue weighted by Crippen LogP contribution is 2.16. The Morgan fingerprint density at radius 3 is 2.52 bits per heavy atom.